The van der Waals surface area contributed by atoms with E-state index in [4.69, 9.17) is 20.1 Å². The number of nitrogens with two attached hydrogens (primary N) is 1. The van der Waals surface area contributed by atoms with Gasteiger partial charge in [-0.25, -0.2) is 24.9 Å². The highest BCUT2D eigenvalue weighted by molar-refractivity contribution is 5.97. The van der Waals surface area contributed by atoms with Crippen LogP contribution >= 0.6 is 0 Å². The van der Waals surface area contributed by atoms with E-state index in [1.165, 1.54) is 25.3 Å². The molecule has 7 rings (SSSR count). The zero-order valence-corrected chi connectivity index (χ0v) is 22.9. The van der Waals surface area contributed by atoms with Crippen LogP contribution in [0.5, 0.6) is 0 Å². The first-order valence-corrected chi connectivity index (χ1v) is 13.7. The predicted molar refractivity (Wildman–Crippen MR) is 153 cm³/mol. The molecule has 208 valence electrons. The summed E-state index contributed by atoms with van der Waals surface area (Å²) in [5, 5.41) is 2.93. The molecule has 2 saturated heterocycles. The van der Waals surface area contributed by atoms with E-state index in [0.717, 1.165) is 35.9 Å². The molecule has 2 aliphatic heterocycles. The minimum Gasteiger partial charge on any atom is -0.443 e. The molecule has 7 heterocycles. The number of likely N-dealkylation sites (N-methyl/N-ethyl adjacent to an activating group) is 1. The Labute approximate surface area is 236 Å². The number of hydrogen-bond donors (Lipinski definition) is 2. The SMILES string of the molecule is Cc1cnc2ccc(-c3nc(C(=O)NCc4cccc(N5C6CCC5CN(C)C6)n4)c(N)nc3-c3ncco3)cn12. The summed E-state index contributed by atoms with van der Waals surface area (Å²) in [4.78, 5) is 41.0. The van der Waals surface area contributed by atoms with Crippen LogP contribution in [0.1, 0.15) is 34.7 Å². The molecule has 2 unspecified atom stereocenters. The van der Waals surface area contributed by atoms with E-state index < -0.39 is 5.91 Å². The average Bonchev–Trinajstić information content (AvgIpc) is 3.70. The van der Waals surface area contributed by atoms with Crippen molar-refractivity contribution in [1.82, 2.24) is 39.5 Å². The number of imidazole rings is 1. The zero-order valence-electron chi connectivity index (χ0n) is 22.9. The van der Waals surface area contributed by atoms with Gasteiger partial charge in [0.05, 0.1) is 18.4 Å². The van der Waals surface area contributed by atoms with Gasteiger partial charge in [0.25, 0.3) is 5.91 Å². The third kappa shape index (κ3) is 4.55. The number of carbonyl (C=O) groups excluding carboxylic acids is 1. The maximum atomic E-state index is 13.4. The summed E-state index contributed by atoms with van der Waals surface area (Å²) in [6.07, 6.45) is 9.01. The molecule has 0 spiro atoms. The Morgan fingerprint density at radius 1 is 1.07 bits per heavy atom. The average molecular weight is 551 g/mol. The lowest BCUT2D eigenvalue weighted by Crippen LogP contribution is -2.52. The molecule has 0 radical (unpaired) electrons. The smallest absolute Gasteiger partial charge is 0.274 e. The van der Waals surface area contributed by atoms with E-state index in [1.807, 2.05) is 41.8 Å². The molecule has 12 nitrogen and oxygen atoms in total. The lowest BCUT2D eigenvalue weighted by Gasteiger charge is -2.40. The number of nitrogen functional groups attached to an aromatic ring is 1. The van der Waals surface area contributed by atoms with Crippen LogP contribution in [-0.4, -0.2) is 72.3 Å². The second-order valence-corrected chi connectivity index (χ2v) is 10.7. The van der Waals surface area contributed by atoms with E-state index in [1.54, 1.807) is 6.20 Å². The first kappa shape index (κ1) is 25.1. The second kappa shape index (κ2) is 9.97. The number of hydrogen-bond acceptors (Lipinski definition) is 10. The molecule has 5 aromatic rings. The standard InChI is InChI=1S/C29H30N10O2/c1-17-12-32-22-9-6-18(14-38(17)22)24-25(29-31-10-11-41-29)36-27(30)26(35-24)28(40)33-13-19-4-3-5-23(34-19)39-20-7-8-21(39)16-37(2)15-20/h3-6,9-12,14,20-21H,7-8,13,15-16H2,1-2H3,(H2,30,36)(H,33,40). The first-order valence-electron chi connectivity index (χ1n) is 13.7. The summed E-state index contributed by atoms with van der Waals surface area (Å²) >= 11 is 0. The summed E-state index contributed by atoms with van der Waals surface area (Å²) in [6.45, 7) is 4.27. The Kier molecular flexibility index (Phi) is 6.11. The van der Waals surface area contributed by atoms with Crippen molar-refractivity contribution in [3.63, 3.8) is 0 Å². The number of piperazine rings is 1. The number of amides is 1. The van der Waals surface area contributed by atoms with Gasteiger partial charge in [0.15, 0.2) is 17.2 Å². The van der Waals surface area contributed by atoms with Gasteiger partial charge in [0.1, 0.15) is 23.4 Å². The van der Waals surface area contributed by atoms with Gasteiger partial charge in [-0.2, -0.15) is 0 Å². The number of oxazole rings is 1. The van der Waals surface area contributed by atoms with Gasteiger partial charge in [0, 0.05) is 48.8 Å². The van der Waals surface area contributed by atoms with E-state index in [-0.39, 0.29) is 23.9 Å². The number of carbonyl (C=O) groups is 1. The van der Waals surface area contributed by atoms with Crippen molar-refractivity contribution in [2.45, 2.75) is 38.4 Å². The number of rotatable bonds is 6. The molecule has 2 fully saturated rings. The van der Waals surface area contributed by atoms with Gasteiger partial charge in [0.2, 0.25) is 5.89 Å². The molecule has 0 aromatic carbocycles. The normalized spacial score (nSPS) is 18.7. The minimum atomic E-state index is -0.443. The molecule has 0 saturated carbocycles. The fourth-order valence-electron chi connectivity index (χ4n) is 6.00. The van der Waals surface area contributed by atoms with Crippen molar-refractivity contribution >= 4 is 23.2 Å². The lowest BCUT2D eigenvalue weighted by atomic mass is 10.1. The van der Waals surface area contributed by atoms with Crippen molar-refractivity contribution in [2.75, 3.05) is 30.8 Å². The van der Waals surface area contributed by atoms with Crippen LogP contribution in [0.2, 0.25) is 0 Å². The molecule has 5 aromatic heterocycles. The van der Waals surface area contributed by atoms with Crippen LogP contribution < -0.4 is 16.0 Å². The maximum Gasteiger partial charge on any atom is 0.274 e. The molecular weight excluding hydrogens is 520 g/mol. The Morgan fingerprint density at radius 2 is 1.90 bits per heavy atom. The molecule has 2 bridgehead atoms. The molecule has 1 amide bonds. The number of pyridine rings is 2. The predicted octanol–water partition coefficient (Wildman–Crippen LogP) is 2.94. The van der Waals surface area contributed by atoms with E-state index in [9.17, 15) is 4.79 Å². The molecule has 2 aliphatic rings. The van der Waals surface area contributed by atoms with Gasteiger partial charge < -0.3 is 29.7 Å². The first-order chi connectivity index (χ1) is 19.9. The van der Waals surface area contributed by atoms with Crippen molar-refractivity contribution < 1.29 is 9.21 Å². The van der Waals surface area contributed by atoms with Crippen LogP contribution in [0.3, 0.4) is 0 Å². The summed E-state index contributed by atoms with van der Waals surface area (Å²) in [5.74, 6) is 0.754. The number of nitrogens with one attached hydrogen (secondary N) is 1. The fraction of sp³-hybridized carbons (Fsp3) is 0.310. The Balaban J connectivity index is 1.17. The fourth-order valence-corrected chi connectivity index (χ4v) is 6.00. The number of likely N-dealkylation sites (tertiary alicyclic amines) is 1. The van der Waals surface area contributed by atoms with Gasteiger partial charge in [-0.15, -0.1) is 0 Å². The summed E-state index contributed by atoms with van der Waals surface area (Å²) in [7, 11) is 2.18. The van der Waals surface area contributed by atoms with E-state index >= 15 is 0 Å². The van der Waals surface area contributed by atoms with Gasteiger partial charge in [-0.05, 0) is 51.1 Å². The Bertz CT molecular complexity index is 1730. The highest BCUT2D eigenvalue weighted by Crippen LogP contribution is 2.34. The molecular formula is C29H30N10O2. The summed E-state index contributed by atoms with van der Waals surface area (Å²) in [6, 6.07) is 10.7. The third-order valence-corrected chi connectivity index (χ3v) is 7.89. The zero-order chi connectivity index (χ0) is 28.1. The Morgan fingerprint density at radius 3 is 2.68 bits per heavy atom. The van der Waals surface area contributed by atoms with Crippen molar-refractivity contribution in [3.05, 3.63) is 72.3 Å². The number of aryl methyl sites for hydroxylation is 1. The number of nitrogens with zero attached hydrogens (tertiary/aromatic N) is 8. The van der Waals surface area contributed by atoms with E-state index in [0.29, 0.717) is 29.0 Å². The van der Waals surface area contributed by atoms with E-state index in [2.05, 4.69) is 43.2 Å². The molecule has 0 aliphatic carbocycles. The van der Waals surface area contributed by atoms with Gasteiger partial charge in [-0.1, -0.05) is 6.07 Å². The third-order valence-electron chi connectivity index (χ3n) is 7.89. The topological polar surface area (TPSA) is 144 Å². The number of aromatic nitrogens is 6. The number of fused-ring (bicyclic) bond motifs is 3. The van der Waals surface area contributed by atoms with Crippen LogP contribution in [0.4, 0.5) is 11.6 Å². The molecule has 41 heavy (non-hydrogen) atoms. The minimum absolute atomic E-state index is 0.0185. The lowest BCUT2D eigenvalue weighted by molar-refractivity contribution is 0.0946. The number of anilines is 2. The largest absolute Gasteiger partial charge is 0.443 e. The Hall–Kier alpha value is -4.84. The van der Waals surface area contributed by atoms with Gasteiger partial charge >= 0.3 is 0 Å². The highest BCUT2D eigenvalue weighted by Gasteiger charge is 2.39. The van der Waals surface area contributed by atoms with Crippen LogP contribution in [0.15, 0.2) is 59.6 Å². The monoisotopic (exact) mass is 550 g/mol. The summed E-state index contributed by atoms with van der Waals surface area (Å²) in [5.41, 5.74) is 10.3. The summed E-state index contributed by atoms with van der Waals surface area (Å²) < 4.78 is 7.46. The van der Waals surface area contributed by atoms with Crippen LogP contribution in [-0.2, 0) is 6.54 Å². The molecule has 3 N–H and O–H groups in total. The quantitative estimate of drug-likeness (QED) is 0.324. The van der Waals surface area contributed by atoms with Crippen molar-refractivity contribution in [1.29, 1.82) is 0 Å². The van der Waals surface area contributed by atoms with Gasteiger partial charge in [-0.3, -0.25) is 4.79 Å². The van der Waals surface area contributed by atoms with Crippen molar-refractivity contribution in [2.24, 2.45) is 0 Å². The second-order valence-electron chi connectivity index (χ2n) is 10.7. The molecule has 12 heteroatoms. The van der Waals surface area contributed by atoms with Crippen LogP contribution in [0, 0.1) is 6.92 Å². The molecule has 2 atom stereocenters. The highest BCUT2D eigenvalue weighted by atomic mass is 16.3. The van der Waals surface area contributed by atoms with Crippen LogP contribution in [0.25, 0.3) is 28.5 Å². The van der Waals surface area contributed by atoms with Crippen molar-refractivity contribution in [3.8, 4) is 22.8 Å². The maximum absolute atomic E-state index is 13.4.